The molecule has 1 amide bonds. The zero-order valence-electron chi connectivity index (χ0n) is 18.6. The van der Waals surface area contributed by atoms with Crippen molar-refractivity contribution in [2.75, 3.05) is 17.7 Å². The fourth-order valence-corrected chi connectivity index (χ4v) is 6.05. The summed E-state index contributed by atoms with van der Waals surface area (Å²) in [6, 6.07) is 9.98. The van der Waals surface area contributed by atoms with Crippen LogP contribution in [-0.4, -0.2) is 39.0 Å². The van der Waals surface area contributed by atoms with E-state index in [0.29, 0.717) is 15.7 Å². The van der Waals surface area contributed by atoms with Gasteiger partial charge >= 0.3 is 5.97 Å². The third-order valence-corrected chi connectivity index (χ3v) is 7.72. The van der Waals surface area contributed by atoms with Crippen LogP contribution in [-0.2, 0) is 16.1 Å². The molecule has 0 radical (unpaired) electrons. The zero-order chi connectivity index (χ0) is 23.4. The molecule has 0 aliphatic heterocycles. The Kier molecular flexibility index (Phi) is 7.46. The van der Waals surface area contributed by atoms with Crippen molar-refractivity contribution in [2.45, 2.75) is 38.9 Å². The van der Waals surface area contributed by atoms with Crippen LogP contribution < -0.4 is 5.32 Å². The lowest BCUT2D eigenvalue weighted by Gasteiger charge is -2.09. The number of esters is 1. The van der Waals surface area contributed by atoms with Gasteiger partial charge in [-0.2, -0.15) is 0 Å². The summed E-state index contributed by atoms with van der Waals surface area (Å²) in [5.41, 5.74) is 1.44. The number of rotatable bonds is 9. The van der Waals surface area contributed by atoms with Gasteiger partial charge < -0.3 is 14.6 Å². The van der Waals surface area contributed by atoms with Gasteiger partial charge in [0, 0.05) is 32.5 Å². The number of ether oxygens (including phenoxy) is 1. The van der Waals surface area contributed by atoms with Crippen molar-refractivity contribution in [2.24, 2.45) is 0 Å². The number of aryl methyl sites for hydroxylation is 1. The molecule has 4 aromatic rings. The second-order valence-electron chi connectivity index (χ2n) is 7.26. The maximum atomic E-state index is 12.7. The average molecular weight is 501 g/mol. The van der Waals surface area contributed by atoms with Crippen LogP contribution in [0.25, 0.3) is 21.5 Å². The van der Waals surface area contributed by atoms with Crippen molar-refractivity contribution in [3.05, 3.63) is 46.2 Å². The summed E-state index contributed by atoms with van der Waals surface area (Å²) in [5, 5.41) is 16.2. The molecule has 10 heteroatoms. The quantitative estimate of drug-likeness (QED) is 0.229. The van der Waals surface area contributed by atoms with Gasteiger partial charge in [0.2, 0.25) is 5.91 Å². The molecule has 33 heavy (non-hydrogen) atoms. The molecular formula is C23H24N4O3S3. The number of carbonyl (C=O) groups excluding carboxylic acids is 2. The predicted molar refractivity (Wildman–Crippen MR) is 135 cm³/mol. The Bertz CT molecular complexity index is 1290. The van der Waals surface area contributed by atoms with Crippen LogP contribution in [0.3, 0.4) is 0 Å². The number of hydrogen-bond acceptors (Lipinski definition) is 8. The van der Waals surface area contributed by atoms with Gasteiger partial charge in [-0.3, -0.25) is 4.79 Å². The summed E-state index contributed by atoms with van der Waals surface area (Å²) in [7, 11) is 0. The molecule has 3 heterocycles. The minimum absolute atomic E-state index is 0.158. The van der Waals surface area contributed by atoms with Crippen LogP contribution in [0.1, 0.15) is 35.5 Å². The van der Waals surface area contributed by atoms with Crippen molar-refractivity contribution >= 4 is 61.4 Å². The first-order valence-electron chi connectivity index (χ1n) is 10.6. The fourth-order valence-electron chi connectivity index (χ4n) is 3.43. The molecule has 0 bridgehead atoms. The van der Waals surface area contributed by atoms with E-state index in [1.54, 1.807) is 24.3 Å². The SMILES string of the molecule is CCCn1c(SCC(=O)Nc2sc(C)cc2C(=O)OCC)nnc1-c1csc2ccccc12. The van der Waals surface area contributed by atoms with Gasteiger partial charge in [-0.05, 0) is 32.4 Å². The first-order chi connectivity index (χ1) is 16.0. The molecule has 1 aromatic carbocycles. The van der Waals surface area contributed by atoms with Gasteiger partial charge in [0.15, 0.2) is 11.0 Å². The summed E-state index contributed by atoms with van der Waals surface area (Å²) in [5.74, 6) is 0.336. The van der Waals surface area contributed by atoms with E-state index in [0.717, 1.165) is 34.6 Å². The molecule has 1 N–H and O–H groups in total. The van der Waals surface area contributed by atoms with Crippen molar-refractivity contribution in [3.8, 4) is 11.4 Å². The molecule has 172 valence electrons. The second-order valence-corrected chi connectivity index (χ2v) is 10.4. The van der Waals surface area contributed by atoms with Crippen molar-refractivity contribution in [3.63, 3.8) is 0 Å². The minimum Gasteiger partial charge on any atom is -0.462 e. The average Bonchev–Trinajstić information content (AvgIpc) is 3.49. The summed E-state index contributed by atoms with van der Waals surface area (Å²) < 4.78 is 8.37. The van der Waals surface area contributed by atoms with E-state index >= 15 is 0 Å². The lowest BCUT2D eigenvalue weighted by atomic mass is 10.1. The first-order valence-corrected chi connectivity index (χ1v) is 13.3. The number of anilines is 1. The summed E-state index contributed by atoms with van der Waals surface area (Å²) in [6.45, 7) is 6.79. The largest absolute Gasteiger partial charge is 0.462 e. The minimum atomic E-state index is -0.430. The Morgan fingerprint density at radius 1 is 1.21 bits per heavy atom. The first kappa shape index (κ1) is 23.5. The van der Waals surface area contributed by atoms with Gasteiger partial charge in [0.25, 0.3) is 0 Å². The Hall–Kier alpha value is -2.69. The van der Waals surface area contributed by atoms with E-state index in [1.807, 2.05) is 19.1 Å². The van der Waals surface area contributed by atoms with E-state index in [2.05, 4.69) is 44.5 Å². The molecule has 0 aliphatic rings. The number of carbonyl (C=O) groups is 2. The maximum Gasteiger partial charge on any atom is 0.341 e. The Labute approximate surface area is 204 Å². The van der Waals surface area contributed by atoms with Gasteiger partial charge in [-0.1, -0.05) is 36.9 Å². The smallest absolute Gasteiger partial charge is 0.341 e. The topological polar surface area (TPSA) is 86.1 Å². The van der Waals surface area contributed by atoms with Crippen molar-refractivity contribution in [1.82, 2.24) is 14.8 Å². The number of benzene rings is 1. The molecule has 0 saturated heterocycles. The summed E-state index contributed by atoms with van der Waals surface area (Å²) >= 11 is 4.38. The number of nitrogens with one attached hydrogen (secondary N) is 1. The van der Waals surface area contributed by atoms with Crippen LogP contribution in [0.5, 0.6) is 0 Å². The van der Waals surface area contributed by atoms with Crippen LogP contribution in [0.15, 0.2) is 40.9 Å². The number of aromatic nitrogens is 3. The molecule has 0 fully saturated rings. The van der Waals surface area contributed by atoms with Crippen molar-refractivity contribution in [1.29, 1.82) is 0 Å². The highest BCUT2D eigenvalue weighted by molar-refractivity contribution is 7.99. The molecule has 0 spiro atoms. The molecule has 0 aliphatic carbocycles. The molecule has 0 unspecified atom stereocenters. The van der Waals surface area contributed by atoms with E-state index in [9.17, 15) is 9.59 Å². The highest BCUT2D eigenvalue weighted by Gasteiger charge is 2.20. The molecule has 7 nitrogen and oxygen atoms in total. The zero-order valence-corrected chi connectivity index (χ0v) is 21.0. The lowest BCUT2D eigenvalue weighted by molar-refractivity contribution is -0.113. The normalized spacial score (nSPS) is 11.1. The molecule has 0 atom stereocenters. The Morgan fingerprint density at radius 2 is 2.03 bits per heavy atom. The standard InChI is InChI=1S/C23H24N4O3S3/c1-4-10-27-20(17-12-31-18-9-7-6-8-15(17)18)25-26-23(27)32-13-19(28)24-21-16(11-14(3)33-21)22(29)30-5-2/h6-9,11-12H,4-5,10,13H2,1-3H3,(H,24,28). The molecule has 3 aromatic heterocycles. The second kappa shape index (κ2) is 10.5. The number of fused-ring (bicyclic) bond motifs is 1. The van der Waals surface area contributed by atoms with E-state index < -0.39 is 5.97 Å². The van der Waals surface area contributed by atoms with Crippen LogP contribution in [0, 0.1) is 6.92 Å². The highest BCUT2D eigenvalue weighted by atomic mass is 32.2. The highest BCUT2D eigenvalue weighted by Crippen LogP contribution is 2.35. The lowest BCUT2D eigenvalue weighted by Crippen LogP contribution is -2.16. The maximum absolute atomic E-state index is 12.7. The molecular weight excluding hydrogens is 476 g/mol. The van der Waals surface area contributed by atoms with Gasteiger partial charge in [-0.25, -0.2) is 4.79 Å². The van der Waals surface area contributed by atoms with Crippen LogP contribution in [0.2, 0.25) is 0 Å². The Morgan fingerprint density at radius 3 is 2.82 bits per heavy atom. The van der Waals surface area contributed by atoms with Crippen LogP contribution >= 0.6 is 34.4 Å². The third kappa shape index (κ3) is 5.13. The van der Waals surface area contributed by atoms with Gasteiger partial charge in [0.1, 0.15) is 5.00 Å². The fraction of sp³-hybridized carbons (Fsp3) is 0.304. The monoisotopic (exact) mass is 500 g/mol. The number of thioether (sulfide) groups is 1. The van der Waals surface area contributed by atoms with E-state index in [1.165, 1.54) is 27.8 Å². The number of thiophene rings is 2. The van der Waals surface area contributed by atoms with E-state index in [-0.39, 0.29) is 18.3 Å². The van der Waals surface area contributed by atoms with Crippen LogP contribution in [0.4, 0.5) is 5.00 Å². The predicted octanol–water partition coefficient (Wildman–Crippen LogP) is 5.85. The number of amides is 1. The molecule has 4 rings (SSSR count). The summed E-state index contributed by atoms with van der Waals surface area (Å²) in [6.07, 6.45) is 0.921. The van der Waals surface area contributed by atoms with Gasteiger partial charge in [0.05, 0.1) is 17.9 Å². The van der Waals surface area contributed by atoms with Gasteiger partial charge in [-0.15, -0.1) is 32.9 Å². The van der Waals surface area contributed by atoms with Crippen molar-refractivity contribution < 1.29 is 14.3 Å². The summed E-state index contributed by atoms with van der Waals surface area (Å²) in [4.78, 5) is 25.8. The number of hydrogen-bond donors (Lipinski definition) is 1. The third-order valence-electron chi connectivity index (χ3n) is 4.82. The molecule has 0 saturated carbocycles. The number of nitrogens with zero attached hydrogens (tertiary/aromatic N) is 3. The van der Waals surface area contributed by atoms with E-state index in [4.69, 9.17) is 4.74 Å². The Balaban J connectivity index is 1.50.